The molecular weight excluding hydrogens is 357 g/mol. The number of amides is 1. The molecule has 2 aromatic rings. The predicted octanol–water partition coefficient (Wildman–Crippen LogP) is 3.44. The zero-order chi connectivity index (χ0) is 19.8. The minimum Gasteiger partial charge on any atom is -0.494 e. The molecule has 0 aliphatic rings. The van der Waals surface area contributed by atoms with Gasteiger partial charge in [0.05, 0.1) is 19.3 Å². The molecule has 1 amide bonds. The molecule has 2 rings (SSSR count). The van der Waals surface area contributed by atoms with Crippen LogP contribution in [0.2, 0.25) is 0 Å². The van der Waals surface area contributed by atoms with E-state index in [1.165, 1.54) is 31.4 Å². The van der Waals surface area contributed by atoms with Crippen LogP contribution in [-0.4, -0.2) is 38.2 Å². The summed E-state index contributed by atoms with van der Waals surface area (Å²) in [4.78, 5) is 35.6. The van der Waals surface area contributed by atoms with Gasteiger partial charge in [0.15, 0.2) is 24.0 Å². The van der Waals surface area contributed by atoms with Gasteiger partial charge in [-0.3, -0.25) is 10.1 Å². The first-order valence-electron chi connectivity index (χ1n) is 8.02. The molecule has 0 spiro atoms. The lowest BCUT2D eigenvalue weighted by Crippen LogP contribution is -2.16. The fourth-order valence-corrected chi connectivity index (χ4v) is 2.15. The average molecular weight is 375 g/mol. The third kappa shape index (κ3) is 5.53. The highest BCUT2D eigenvalue weighted by Gasteiger charge is 2.14. The second-order valence-electron chi connectivity index (χ2n) is 5.27. The first kappa shape index (κ1) is 19.9. The molecule has 0 aliphatic heterocycles. The van der Waals surface area contributed by atoms with E-state index in [-0.39, 0.29) is 23.5 Å². The van der Waals surface area contributed by atoms with Gasteiger partial charge in [-0.25, -0.2) is 14.0 Å². The molecule has 0 bridgehead atoms. The highest BCUT2D eigenvalue weighted by Crippen LogP contribution is 2.18. The van der Waals surface area contributed by atoms with E-state index >= 15 is 0 Å². The highest BCUT2D eigenvalue weighted by molar-refractivity contribution is 5.99. The summed E-state index contributed by atoms with van der Waals surface area (Å²) in [6, 6.07) is 9.67. The Balaban J connectivity index is 1.98. The number of rotatable bonds is 7. The third-order valence-corrected chi connectivity index (χ3v) is 3.43. The molecule has 7 nitrogen and oxygen atoms in total. The molecule has 0 radical (unpaired) electrons. The molecule has 0 fully saturated rings. The molecule has 8 heteroatoms. The number of Topliss-reactive ketones (excluding diaryl/α,β-unsaturated/α-hetero) is 1. The molecule has 0 heterocycles. The standard InChI is InChI=1S/C19H18FNO6/c1-3-26-19(24)21-14-6-4-5-13(9-14)18(23)27-11-16(22)12-7-8-17(25-2)15(20)10-12/h4-10H,3,11H2,1-2H3,(H,21,24). The Morgan fingerprint density at radius 3 is 2.48 bits per heavy atom. The van der Waals surface area contributed by atoms with Gasteiger partial charge >= 0.3 is 12.1 Å². The Morgan fingerprint density at radius 2 is 1.81 bits per heavy atom. The quantitative estimate of drug-likeness (QED) is 0.589. The van der Waals surface area contributed by atoms with Crippen LogP contribution in [0.25, 0.3) is 0 Å². The topological polar surface area (TPSA) is 90.9 Å². The van der Waals surface area contributed by atoms with Crippen molar-refractivity contribution < 1.29 is 33.0 Å². The number of carbonyl (C=O) groups is 3. The van der Waals surface area contributed by atoms with Crippen LogP contribution in [0.15, 0.2) is 42.5 Å². The number of anilines is 1. The summed E-state index contributed by atoms with van der Waals surface area (Å²) in [5.41, 5.74) is 0.531. The maximum Gasteiger partial charge on any atom is 0.411 e. The number of nitrogens with one attached hydrogen (secondary N) is 1. The smallest absolute Gasteiger partial charge is 0.411 e. The van der Waals surface area contributed by atoms with E-state index in [4.69, 9.17) is 14.2 Å². The normalized spacial score (nSPS) is 10.0. The van der Waals surface area contributed by atoms with Crippen LogP contribution in [0.5, 0.6) is 5.75 Å². The van der Waals surface area contributed by atoms with Gasteiger partial charge < -0.3 is 14.2 Å². The van der Waals surface area contributed by atoms with Crippen LogP contribution < -0.4 is 10.1 Å². The Bertz CT molecular complexity index is 852. The SMILES string of the molecule is CCOC(=O)Nc1cccc(C(=O)OCC(=O)c2ccc(OC)c(F)c2)c1. The number of ether oxygens (including phenoxy) is 3. The summed E-state index contributed by atoms with van der Waals surface area (Å²) >= 11 is 0. The Hall–Kier alpha value is -3.42. The maximum atomic E-state index is 13.6. The molecule has 27 heavy (non-hydrogen) atoms. The zero-order valence-corrected chi connectivity index (χ0v) is 14.8. The number of ketones is 1. The lowest BCUT2D eigenvalue weighted by molar-refractivity contribution is 0.0474. The fraction of sp³-hybridized carbons (Fsp3) is 0.211. The molecule has 0 atom stereocenters. The third-order valence-electron chi connectivity index (χ3n) is 3.43. The molecular formula is C19H18FNO6. The zero-order valence-electron chi connectivity index (χ0n) is 14.8. The number of benzene rings is 2. The number of carbonyl (C=O) groups excluding carboxylic acids is 3. The van der Waals surface area contributed by atoms with Gasteiger partial charge in [0, 0.05) is 11.3 Å². The molecule has 0 aliphatic carbocycles. The van der Waals surface area contributed by atoms with Crippen molar-refractivity contribution in [3.05, 3.63) is 59.4 Å². The van der Waals surface area contributed by atoms with Gasteiger partial charge in [0.2, 0.25) is 0 Å². The largest absolute Gasteiger partial charge is 0.494 e. The predicted molar refractivity (Wildman–Crippen MR) is 94.7 cm³/mol. The molecule has 0 unspecified atom stereocenters. The monoisotopic (exact) mass is 375 g/mol. The molecule has 142 valence electrons. The van der Waals surface area contributed by atoms with E-state index < -0.39 is 30.3 Å². The van der Waals surface area contributed by atoms with E-state index in [0.717, 1.165) is 6.07 Å². The molecule has 1 N–H and O–H groups in total. The van der Waals surface area contributed by atoms with E-state index in [0.29, 0.717) is 5.69 Å². The van der Waals surface area contributed by atoms with E-state index in [1.807, 2.05) is 0 Å². The summed E-state index contributed by atoms with van der Waals surface area (Å²) in [7, 11) is 1.31. The molecule has 0 saturated heterocycles. The van der Waals surface area contributed by atoms with Gasteiger partial charge in [-0.05, 0) is 43.3 Å². The lowest BCUT2D eigenvalue weighted by Gasteiger charge is -2.08. The van der Waals surface area contributed by atoms with Crippen LogP contribution in [0.4, 0.5) is 14.9 Å². The van der Waals surface area contributed by atoms with Gasteiger partial charge in [-0.1, -0.05) is 6.07 Å². The molecule has 2 aromatic carbocycles. The van der Waals surface area contributed by atoms with Crippen LogP contribution in [0.3, 0.4) is 0 Å². The van der Waals surface area contributed by atoms with Crippen molar-refractivity contribution in [1.82, 2.24) is 0 Å². The minimum atomic E-state index is -0.759. The van der Waals surface area contributed by atoms with E-state index in [9.17, 15) is 18.8 Å². The minimum absolute atomic E-state index is 0.00876. The van der Waals surface area contributed by atoms with Gasteiger partial charge in [0.25, 0.3) is 0 Å². The summed E-state index contributed by atoms with van der Waals surface area (Å²) in [6.07, 6.45) is -0.653. The highest BCUT2D eigenvalue weighted by atomic mass is 19.1. The summed E-state index contributed by atoms with van der Waals surface area (Å²) in [6.45, 7) is 1.32. The van der Waals surface area contributed by atoms with Crippen molar-refractivity contribution in [2.45, 2.75) is 6.92 Å². The first-order chi connectivity index (χ1) is 12.9. The van der Waals surface area contributed by atoms with Gasteiger partial charge in [-0.2, -0.15) is 0 Å². The van der Waals surface area contributed by atoms with Crippen LogP contribution in [0.1, 0.15) is 27.6 Å². The number of hydrogen-bond acceptors (Lipinski definition) is 6. The number of hydrogen-bond donors (Lipinski definition) is 1. The van der Waals surface area contributed by atoms with Crippen LogP contribution in [0, 0.1) is 5.82 Å². The lowest BCUT2D eigenvalue weighted by atomic mass is 10.1. The molecule has 0 saturated carbocycles. The Morgan fingerprint density at radius 1 is 1.04 bits per heavy atom. The molecule has 0 aromatic heterocycles. The second-order valence-corrected chi connectivity index (χ2v) is 5.27. The fourth-order valence-electron chi connectivity index (χ4n) is 2.15. The number of halogens is 1. The Kier molecular flexibility index (Phi) is 6.87. The van der Waals surface area contributed by atoms with Crippen LogP contribution in [-0.2, 0) is 9.47 Å². The second kappa shape index (κ2) is 9.33. The number of methoxy groups -OCH3 is 1. The van der Waals surface area contributed by atoms with Crippen molar-refractivity contribution in [2.75, 3.05) is 25.6 Å². The van der Waals surface area contributed by atoms with E-state index in [2.05, 4.69) is 5.32 Å². The van der Waals surface area contributed by atoms with Crippen molar-refractivity contribution in [2.24, 2.45) is 0 Å². The van der Waals surface area contributed by atoms with E-state index in [1.54, 1.807) is 19.1 Å². The van der Waals surface area contributed by atoms with Gasteiger partial charge in [0.1, 0.15) is 0 Å². The number of esters is 1. The van der Waals surface area contributed by atoms with Crippen LogP contribution >= 0.6 is 0 Å². The van der Waals surface area contributed by atoms with Crippen molar-refractivity contribution in [3.63, 3.8) is 0 Å². The summed E-state index contributed by atoms with van der Waals surface area (Å²) < 4.78 is 28.1. The van der Waals surface area contributed by atoms with Crippen molar-refractivity contribution >= 4 is 23.5 Å². The maximum absolute atomic E-state index is 13.6. The van der Waals surface area contributed by atoms with Crippen molar-refractivity contribution in [3.8, 4) is 5.75 Å². The Labute approximate surface area is 155 Å². The summed E-state index contributed by atoms with van der Waals surface area (Å²) in [5.74, 6) is -2.00. The first-order valence-corrected chi connectivity index (χ1v) is 8.02. The average Bonchev–Trinajstić information content (AvgIpc) is 2.66. The van der Waals surface area contributed by atoms with Gasteiger partial charge in [-0.15, -0.1) is 0 Å². The van der Waals surface area contributed by atoms with Crippen molar-refractivity contribution in [1.29, 1.82) is 0 Å². The summed E-state index contributed by atoms with van der Waals surface area (Å²) in [5, 5.41) is 2.46.